The second-order valence-corrected chi connectivity index (χ2v) is 6.55. The van der Waals surface area contributed by atoms with Gasteiger partial charge in [-0.25, -0.2) is 4.98 Å². The van der Waals surface area contributed by atoms with Crippen molar-refractivity contribution in [1.29, 1.82) is 5.26 Å². The van der Waals surface area contributed by atoms with Crippen LogP contribution in [0.5, 0.6) is 0 Å². The first-order valence-electron chi connectivity index (χ1n) is 8.41. The molecule has 5 nitrogen and oxygen atoms in total. The van der Waals surface area contributed by atoms with Gasteiger partial charge in [0.25, 0.3) is 0 Å². The summed E-state index contributed by atoms with van der Waals surface area (Å²) >= 11 is 0. The molecule has 1 N–H and O–H groups in total. The molecular weight excluding hydrogens is 312 g/mol. The highest BCUT2D eigenvalue weighted by atomic mass is 16.5. The Balaban J connectivity index is 1.94. The van der Waals surface area contributed by atoms with Crippen molar-refractivity contribution in [3.63, 3.8) is 0 Å². The molecule has 1 aliphatic heterocycles. The van der Waals surface area contributed by atoms with Crippen LogP contribution in [0.1, 0.15) is 23.2 Å². The summed E-state index contributed by atoms with van der Waals surface area (Å²) < 4.78 is 5.33. The van der Waals surface area contributed by atoms with Gasteiger partial charge >= 0.3 is 0 Å². The van der Waals surface area contributed by atoms with Crippen molar-refractivity contribution in [2.75, 3.05) is 27.2 Å². The molecule has 2 aromatic heterocycles. The number of rotatable bonds is 3. The van der Waals surface area contributed by atoms with E-state index < -0.39 is 0 Å². The Labute approximate surface area is 146 Å². The Morgan fingerprint density at radius 3 is 2.96 bits per heavy atom. The van der Waals surface area contributed by atoms with Crippen molar-refractivity contribution >= 4 is 27.4 Å². The maximum absolute atomic E-state index is 9.41. The molecular formula is C20H20N4O. The van der Waals surface area contributed by atoms with Gasteiger partial charge in [-0.05, 0) is 36.7 Å². The highest BCUT2D eigenvalue weighted by molar-refractivity contribution is 6.10. The third-order valence-corrected chi connectivity index (χ3v) is 4.92. The first kappa shape index (κ1) is 15.8. The number of fused-ring (bicyclic) bond motifs is 3. The zero-order valence-corrected chi connectivity index (χ0v) is 14.5. The first-order chi connectivity index (χ1) is 12.2. The van der Waals surface area contributed by atoms with Gasteiger partial charge in [-0.15, -0.1) is 0 Å². The third kappa shape index (κ3) is 2.70. The maximum Gasteiger partial charge on any atom is 0.146 e. The number of likely N-dealkylation sites (N-methyl/N-ethyl adjacent to an activating group) is 1. The number of hydrogen-bond donors (Lipinski definition) is 1. The lowest BCUT2D eigenvalue weighted by Gasteiger charge is -2.22. The molecule has 4 rings (SSSR count). The maximum atomic E-state index is 9.41. The average Bonchev–Trinajstić information content (AvgIpc) is 3.01. The van der Waals surface area contributed by atoms with Gasteiger partial charge in [0, 0.05) is 42.1 Å². The average molecular weight is 332 g/mol. The van der Waals surface area contributed by atoms with Crippen molar-refractivity contribution in [2.24, 2.45) is 0 Å². The summed E-state index contributed by atoms with van der Waals surface area (Å²) in [5, 5.41) is 11.6. The standard InChI is InChI=1S/C20H20N4O/c1-24-7-5-13(6-8-24)14-3-4-17-15(9-14)20-16(12-25-2)18(10-21)22-11-19(20)23-17/h3-5,9,11,23H,6-8,12H2,1-2H3. The van der Waals surface area contributed by atoms with Crippen molar-refractivity contribution in [3.05, 3.63) is 47.3 Å². The largest absolute Gasteiger partial charge is 0.380 e. The van der Waals surface area contributed by atoms with Crippen LogP contribution in [-0.4, -0.2) is 42.1 Å². The molecule has 0 saturated heterocycles. The van der Waals surface area contributed by atoms with E-state index in [2.05, 4.69) is 52.3 Å². The van der Waals surface area contributed by atoms with Gasteiger partial charge in [-0.2, -0.15) is 5.26 Å². The van der Waals surface area contributed by atoms with Crippen LogP contribution in [0.25, 0.3) is 27.4 Å². The Hall–Kier alpha value is -2.68. The molecule has 0 unspecified atom stereocenters. The van der Waals surface area contributed by atoms with Crippen LogP contribution in [-0.2, 0) is 11.3 Å². The van der Waals surface area contributed by atoms with Crippen molar-refractivity contribution in [2.45, 2.75) is 13.0 Å². The number of nitrogens with one attached hydrogen (secondary N) is 1. The van der Waals surface area contributed by atoms with E-state index in [9.17, 15) is 5.26 Å². The van der Waals surface area contributed by atoms with Crippen LogP contribution >= 0.6 is 0 Å². The molecule has 3 heterocycles. The predicted molar refractivity (Wildman–Crippen MR) is 99.1 cm³/mol. The van der Waals surface area contributed by atoms with E-state index >= 15 is 0 Å². The molecule has 0 bridgehead atoms. The predicted octanol–water partition coefficient (Wildman–Crippen LogP) is 3.45. The second kappa shape index (κ2) is 6.32. The smallest absolute Gasteiger partial charge is 0.146 e. The molecule has 0 atom stereocenters. The van der Waals surface area contributed by atoms with Crippen LogP contribution < -0.4 is 0 Å². The van der Waals surface area contributed by atoms with E-state index in [1.165, 1.54) is 11.1 Å². The Morgan fingerprint density at radius 2 is 2.24 bits per heavy atom. The van der Waals surface area contributed by atoms with E-state index in [0.717, 1.165) is 46.9 Å². The summed E-state index contributed by atoms with van der Waals surface area (Å²) in [5.74, 6) is 0. The minimum Gasteiger partial charge on any atom is -0.380 e. The normalized spacial score (nSPS) is 15.5. The fraction of sp³-hybridized carbons (Fsp3) is 0.300. The van der Waals surface area contributed by atoms with Gasteiger partial charge in [-0.3, -0.25) is 0 Å². The minimum atomic E-state index is 0.373. The Bertz CT molecular complexity index is 1030. The number of methoxy groups -OCH3 is 1. The second-order valence-electron chi connectivity index (χ2n) is 6.55. The summed E-state index contributed by atoms with van der Waals surface area (Å²) in [7, 11) is 3.78. The van der Waals surface area contributed by atoms with Crippen molar-refractivity contribution in [1.82, 2.24) is 14.9 Å². The number of benzene rings is 1. The SMILES string of the molecule is COCc1c(C#N)ncc2[nH]c3ccc(C4=CCN(C)CC4)cc3c12. The highest BCUT2D eigenvalue weighted by Crippen LogP contribution is 2.33. The van der Waals surface area contributed by atoms with Gasteiger partial charge in [0.15, 0.2) is 0 Å². The quantitative estimate of drug-likeness (QED) is 0.798. The third-order valence-electron chi connectivity index (χ3n) is 4.92. The number of H-pyrrole nitrogens is 1. The first-order valence-corrected chi connectivity index (χ1v) is 8.41. The molecule has 0 amide bonds. The Kier molecular flexibility index (Phi) is 4.00. The lowest BCUT2D eigenvalue weighted by Crippen LogP contribution is -2.23. The molecule has 1 aromatic carbocycles. The molecule has 126 valence electrons. The van der Waals surface area contributed by atoms with Gasteiger partial charge in [-0.1, -0.05) is 12.1 Å². The zero-order valence-electron chi connectivity index (χ0n) is 14.5. The van der Waals surface area contributed by atoms with Crippen LogP contribution in [0.3, 0.4) is 0 Å². The van der Waals surface area contributed by atoms with Gasteiger partial charge in [0.1, 0.15) is 11.8 Å². The Morgan fingerprint density at radius 1 is 1.36 bits per heavy atom. The van der Waals surface area contributed by atoms with Gasteiger partial charge < -0.3 is 14.6 Å². The number of aromatic nitrogens is 2. The molecule has 3 aromatic rings. The summed E-state index contributed by atoms with van der Waals surface area (Å²) in [4.78, 5) is 10.00. The van der Waals surface area contributed by atoms with E-state index in [1.807, 2.05) is 0 Å². The molecule has 0 fully saturated rings. The lowest BCUT2D eigenvalue weighted by molar-refractivity contribution is 0.185. The summed E-state index contributed by atoms with van der Waals surface area (Å²) in [6.07, 6.45) is 5.10. The van der Waals surface area contributed by atoms with Crippen LogP contribution in [0, 0.1) is 11.3 Å². The molecule has 0 aliphatic carbocycles. The fourth-order valence-corrected chi connectivity index (χ4v) is 3.57. The number of nitriles is 1. The molecule has 25 heavy (non-hydrogen) atoms. The van der Waals surface area contributed by atoms with Crippen molar-refractivity contribution < 1.29 is 4.74 Å². The van der Waals surface area contributed by atoms with E-state index in [1.54, 1.807) is 13.3 Å². The zero-order chi connectivity index (χ0) is 17.4. The summed E-state index contributed by atoms with van der Waals surface area (Å²) in [5.41, 5.74) is 5.91. The van der Waals surface area contributed by atoms with E-state index in [0.29, 0.717) is 12.3 Å². The van der Waals surface area contributed by atoms with E-state index in [-0.39, 0.29) is 0 Å². The number of hydrogen-bond acceptors (Lipinski definition) is 4. The van der Waals surface area contributed by atoms with Crippen molar-refractivity contribution in [3.8, 4) is 6.07 Å². The number of nitrogens with zero attached hydrogens (tertiary/aromatic N) is 3. The monoisotopic (exact) mass is 332 g/mol. The van der Waals surface area contributed by atoms with Gasteiger partial charge in [0.05, 0.1) is 18.3 Å². The van der Waals surface area contributed by atoms with Gasteiger partial charge in [0.2, 0.25) is 0 Å². The molecule has 0 saturated carbocycles. The number of pyridine rings is 1. The van der Waals surface area contributed by atoms with Crippen LogP contribution in [0.15, 0.2) is 30.5 Å². The summed E-state index contributed by atoms with van der Waals surface area (Å²) in [6, 6.07) is 8.70. The minimum absolute atomic E-state index is 0.373. The lowest BCUT2D eigenvalue weighted by atomic mass is 9.97. The number of ether oxygens (including phenoxy) is 1. The highest BCUT2D eigenvalue weighted by Gasteiger charge is 2.16. The fourth-order valence-electron chi connectivity index (χ4n) is 3.57. The molecule has 0 spiro atoms. The van der Waals surface area contributed by atoms with E-state index in [4.69, 9.17) is 4.74 Å². The van der Waals surface area contributed by atoms with Crippen LogP contribution in [0.4, 0.5) is 0 Å². The molecule has 0 radical (unpaired) electrons. The molecule has 5 heteroatoms. The topological polar surface area (TPSA) is 64.9 Å². The summed E-state index contributed by atoms with van der Waals surface area (Å²) in [6.45, 7) is 2.44. The molecule has 1 aliphatic rings. The van der Waals surface area contributed by atoms with Crippen LogP contribution in [0.2, 0.25) is 0 Å². The number of aromatic amines is 1.